The van der Waals surface area contributed by atoms with Crippen LogP contribution in [-0.4, -0.2) is 45.0 Å². The molecule has 0 aliphatic carbocycles. The van der Waals surface area contributed by atoms with E-state index >= 15 is 0 Å². The first kappa shape index (κ1) is 18.4. The maximum Gasteiger partial charge on any atom is 0.276 e. The number of nitrogens with zero attached hydrogens (tertiary/aromatic N) is 4. The molecule has 1 amide bonds. The highest BCUT2D eigenvalue weighted by molar-refractivity contribution is 5.92. The molecule has 144 valence electrons. The van der Waals surface area contributed by atoms with E-state index in [9.17, 15) is 4.79 Å². The van der Waals surface area contributed by atoms with E-state index in [0.29, 0.717) is 25.4 Å². The molecule has 0 N–H and O–H groups in total. The van der Waals surface area contributed by atoms with Crippen LogP contribution >= 0.6 is 0 Å². The number of rotatable bonds is 5. The maximum atomic E-state index is 12.8. The Morgan fingerprint density at radius 2 is 1.79 bits per heavy atom. The predicted molar refractivity (Wildman–Crippen MR) is 106 cm³/mol. The van der Waals surface area contributed by atoms with E-state index in [0.717, 1.165) is 18.5 Å². The molecule has 6 heteroatoms. The van der Waals surface area contributed by atoms with Crippen molar-refractivity contribution in [3.63, 3.8) is 0 Å². The predicted octanol–water partition coefficient (Wildman–Crippen LogP) is 3.40. The number of carbonyl (C=O) groups is 1. The molecule has 0 unspecified atom stereocenters. The average molecular weight is 376 g/mol. The van der Waals surface area contributed by atoms with Gasteiger partial charge in [0, 0.05) is 13.1 Å². The second-order valence-electron chi connectivity index (χ2n) is 7.17. The van der Waals surface area contributed by atoms with Gasteiger partial charge in [0.15, 0.2) is 5.69 Å². The summed E-state index contributed by atoms with van der Waals surface area (Å²) in [7, 11) is 0. The van der Waals surface area contributed by atoms with Gasteiger partial charge < -0.3 is 9.64 Å². The third-order valence-corrected chi connectivity index (χ3v) is 5.07. The highest BCUT2D eigenvalue weighted by Gasteiger charge is 2.25. The number of likely N-dealkylation sites (tertiary alicyclic amines) is 1. The van der Waals surface area contributed by atoms with Crippen LogP contribution in [0.4, 0.5) is 0 Å². The molecule has 4 rings (SSSR count). The summed E-state index contributed by atoms with van der Waals surface area (Å²) in [6.45, 7) is 4.00. The molecule has 0 spiro atoms. The zero-order valence-corrected chi connectivity index (χ0v) is 16.0. The minimum atomic E-state index is -0.0696. The van der Waals surface area contributed by atoms with Crippen molar-refractivity contribution >= 4 is 5.91 Å². The number of benzene rings is 2. The SMILES string of the molecule is Cc1ccc(-n2cc(C(=O)N3CCC(OCc4ccccc4)CC3)nn2)cc1. The van der Waals surface area contributed by atoms with E-state index in [-0.39, 0.29) is 12.0 Å². The Balaban J connectivity index is 1.31. The van der Waals surface area contributed by atoms with Gasteiger partial charge in [-0.2, -0.15) is 0 Å². The van der Waals surface area contributed by atoms with Crippen LogP contribution in [0.5, 0.6) is 0 Å². The summed E-state index contributed by atoms with van der Waals surface area (Å²) in [4.78, 5) is 14.6. The van der Waals surface area contributed by atoms with Crippen molar-refractivity contribution in [1.82, 2.24) is 19.9 Å². The van der Waals surface area contributed by atoms with E-state index in [1.54, 1.807) is 10.9 Å². The topological polar surface area (TPSA) is 60.2 Å². The Morgan fingerprint density at radius 3 is 2.50 bits per heavy atom. The van der Waals surface area contributed by atoms with Crippen LogP contribution in [0, 0.1) is 6.92 Å². The Bertz CT molecular complexity index is 913. The molecule has 2 aromatic carbocycles. The van der Waals surface area contributed by atoms with Gasteiger partial charge in [-0.25, -0.2) is 4.68 Å². The lowest BCUT2D eigenvalue weighted by Gasteiger charge is -2.31. The largest absolute Gasteiger partial charge is 0.373 e. The van der Waals surface area contributed by atoms with Gasteiger partial charge in [-0.05, 0) is 37.5 Å². The number of ether oxygens (including phenoxy) is 1. The molecule has 1 aromatic heterocycles. The zero-order valence-electron chi connectivity index (χ0n) is 16.0. The van der Waals surface area contributed by atoms with Crippen LogP contribution in [0.1, 0.15) is 34.5 Å². The van der Waals surface area contributed by atoms with Crippen LogP contribution < -0.4 is 0 Å². The number of hydrogen-bond donors (Lipinski definition) is 0. The number of aromatic nitrogens is 3. The lowest BCUT2D eigenvalue weighted by atomic mass is 10.1. The lowest BCUT2D eigenvalue weighted by Crippen LogP contribution is -2.41. The van der Waals surface area contributed by atoms with E-state index in [1.807, 2.05) is 54.3 Å². The van der Waals surface area contributed by atoms with E-state index in [2.05, 4.69) is 22.4 Å². The molecule has 3 aromatic rings. The molecule has 2 heterocycles. The third-order valence-electron chi connectivity index (χ3n) is 5.07. The minimum Gasteiger partial charge on any atom is -0.373 e. The number of amides is 1. The van der Waals surface area contributed by atoms with E-state index in [4.69, 9.17) is 4.74 Å². The molecular formula is C22H24N4O2. The van der Waals surface area contributed by atoms with Crippen LogP contribution in [0.25, 0.3) is 5.69 Å². The molecule has 1 aliphatic heterocycles. The lowest BCUT2D eigenvalue weighted by molar-refractivity contribution is -0.000510. The van der Waals surface area contributed by atoms with Gasteiger partial charge in [0.25, 0.3) is 5.91 Å². The van der Waals surface area contributed by atoms with Crippen LogP contribution in [0.15, 0.2) is 60.8 Å². The zero-order chi connectivity index (χ0) is 19.3. The van der Waals surface area contributed by atoms with Crippen LogP contribution in [0.3, 0.4) is 0 Å². The fourth-order valence-electron chi connectivity index (χ4n) is 3.36. The molecule has 0 saturated carbocycles. The van der Waals surface area contributed by atoms with Crippen molar-refractivity contribution in [2.45, 2.75) is 32.5 Å². The van der Waals surface area contributed by atoms with Gasteiger partial charge in [-0.3, -0.25) is 4.79 Å². The summed E-state index contributed by atoms with van der Waals surface area (Å²) in [6, 6.07) is 18.1. The highest BCUT2D eigenvalue weighted by atomic mass is 16.5. The fourth-order valence-corrected chi connectivity index (χ4v) is 3.36. The first-order valence-electron chi connectivity index (χ1n) is 9.63. The molecule has 28 heavy (non-hydrogen) atoms. The van der Waals surface area contributed by atoms with E-state index in [1.165, 1.54) is 11.1 Å². The molecule has 1 saturated heterocycles. The Kier molecular flexibility index (Phi) is 5.48. The number of aryl methyl sites for hydroxylation is 1. The van der Waals surface area contributed by atoms with Gasteiger partial charge in [-0.15, -0.1) is 5.10 Å². The molecule has 1 fully saturated rings. The number of carbonyl (C=O) groups excluding carboxylic acids is 1. The monoisotopic (exact) mass is 376 g/mol. The second-order valence-corrected chi connectivity index (χ2v) is 7.17. The van der Waals surface area contributed by atoms with Crippen molar-refractivity contribution in [2.24, 2.45) is 0 Å². The Labute approximate surface area is 164 Å². The summed E-state index contributed by atoms with van der Waals surface area (Å²) in [5, 5.41) is 8.18. The summed E-state index contributed by atoms with van der Waals surface area (Å²) >= 11 is 0. The summed E-state index contributed by atoms with van der Waals surface area (Å²) < 4.78 is 7.65. The first-order valence-corrected chi connectivity index (χ1v) is 9.63. The van der Waals surface area contributed by atoms with Crippen molar-refractivity contribution in [3.05, 3.63) is 77.6 Å². The normalized spacial score (nSPS) is 15.0. The Morgan fingerprint density at radius 1 is 1.07 bits per heavy atom. The van der Waals surface area contributed by atoms with Gasteiger partial charge in [-0.1, -0.05) is 53.2 Å². The van der Waals surface area contributed by atoms with Gasteiger partial charge in [0.05, 0.1) is 24.6 Å². The van der Waals surface area contributed by atoms with E-state index < -0.39 is 0 Å². The maximum absolute atomic E-state index is 12.8. The first-order chi connectivity index (χ1) is 13.7. The van der Waals surface area contributed by atoms with Crippen LogP contribution in [-0.2, 0) is 11.3 Å². The Hall–Kier alpha value is -2.99. The van der Waals surface area contributed by atoms with Crippen molar-refractivity contribution in [1.29, 1.82) is 0 Å². The quantitative estimate of drug-likeness (QED) is 0.685. The number of piperidine rings is 1. The molecule has 6 nitrogen and oxygen atoms in total. The van der Waals surface area contributed by atoms with Crippen molar-refractivity contribution in [2.75, 3.05) is 13.1 Å². The molecular weight excluding hydrogens is 352 g/mol. The van der Waals surface area contributed by atoms with Crippen molar-refractivity contribution in [3.8, 4) is 5.69 Å². The minimum absolute atomic E-state index is 0.0696. The van der Waals surface area contributed by atoms with Crippen LogP contribution in [0.2, 0.25) is 0 Å². The molecule has 0 bridgehead atoms. The summed E-state index contributed by atoms with van der Waals surface area (Å²) in [5.41, 5.74) is 3.63. The highest BCUT2D eigenvalue weighted by Crippen LogP contribution is 2.18. The average Bonchev–Trinajstić information content (AvgIpc) is 3.24. The fraction of sp³-hybridized carbons (Fsp3) is 0.318. The third kappa shape index (κ3) is 4.28. The van der Waals surface area contributed by atoms with Crippen molar-refractivity contribution < 1.29 is 9.53 Å². The number of hydrogen-bond acceptors (Lipinski definition) is 4. The smallest absolute Gasteiger partial charge is 0.276 e. The molecule has 0 atom stereocenters. The summed E-state index contributed by atoms with van der Waals surface area (Å²) in [6.07, 6.45) is 3.56. The second kappa shape index (κ2) is 8.35. The molecule has 0 radical (unpaired) electrons. The standard InChI is InChI=1S/C22H24N4O2/c1-17-7-9-19(10-8-17)26-15-21(23-24-26)22(27)25-13-11-20(12-14-25)28-16-18-5-3-2-4-6-18/h2-10,15,20H,11-14,16H2,1H3. The van der Waals surface area contributed by atoms with Gasteiger partial charge >= 0.3 is 0 Å². The van der Waals surface area contributed by atoms with Gasteiger partial charge in [0.1, 0.15) is 0 Å². The van der Waals surface area contributed by atoms with Gasteiger partial charge in [0.2, 0.25) is 0 Å². The molecule has 1 aliphatic rings. The summed E-state index contributed by atoms with van der Waals surface area (Å²) in [5.74, 6) is -0.0696.